The molecule has 0 aliphatic carbocycles. The van der Waals surface area contributed by atoms with Gasteiger partial charge in [0.15, 0.2) is 0 Å². The van der Waals surface area contributed by atoms with Gasteiger partial charge in [-0.15, -0.1) is 0 Å². The minimum atomic E-state index is -4.33. The summed E-state index contributed by atoms with van der Waals surface area (Å²) in [7, 11) is 0. The van der Waals surface area contributed by atoms with Crippen molar-refractivity contribution in [3.63, 3.8) is 0 Å². The molecule has 2 unspecified atom stereocenters. The van der Waals surface area contributed by atoms with Gasteiger partial charge in [-0.25, -0.2) is 0 Å². The van der Waals surface area contributed by atoms with E-state index >= 15 is 0 Å². The third-order valence-corrected chi connectivity index (χ3v) is 5.07. The number of aromatic nitrogens is 1. The van der Waals surface area contributed by atoms with E-state index in [1.54, 1.807) is 0 Å². The molecule has 0 saturated carbocycles. The van der Waals surface area contributed by atoms with Crippen LogP contribution < -0.4 is 10.6 Å². The molecule has 2 N–H and O–H groups in total. The van der Waals surface area contributed by atoms with Gasteiger partial charge in [-0.3, -0.25) is 9.78 Å². The van der Waals surface area contributed by atoms with E-state index in [0.717, 1.165) is 60.3 Å². The van der Waals surface area contributed by atoms with Crippen LogP contribution >= 0.6 is 0 Å². The molecule has 1 aliphatic rings. The molecule has 0 radical (unpaired) electrons. The van der Waals surface area contributed by atoms with Crippen LogP contribution in [-0.2, 0) is 11.0 Å². The molecule has 1 saturated heterocycles. The van der Waals surface area contributed by atoms with E-state index in [1.807, 2.05) is 19.1 Å². The van der Waals surface area contributed by atoms with E-state index < -0.39 is 11.7 Å². The summed E-state index contributed by atoms with van der Waals surface area (Å²) in [4.78, 5) is 14.9. The summed E-state index contributed by atoms with van der Waals surface area (Å²) in [5.41, 5.74) is 2.73. The van der Waals surface area contributed by atoms with Gasteiger partial charge in [-0.2, -0.15) is 13.2 Å². The van der Waals surface area contributed by atoms with Gasteiger partial charge >= 0.3 is 6.18 Å². The predicted molar refractivity (Wildman–Crippen MR) is 102 cm³/mol. The molecule has 1 aliphatic heterocycles. The monoisotopic (exact) mass is 391 g/mol. The Kier molecular flexibility index (Phi) is 6.34. The molecule has 2 heterocycles. The highest BCUT2D eigenvalue weighted by atomic mass is 19.4. The molecule has 2 atom stereocenters. The first-order chi connectivity index (χ1) is 13.4. The molecule has 2 aromatic rings. The lowest BCUT2D eigenvalue weighted by atomic mass is 10.0. The molecule has 1 fully saturated rings. The van der Waals surface area contributed by atoms with Gasteiger partial charge in [0.1, 0.15) is 0 Å². The van der Waals surface area contributed by atoms with E-state index in [4.69, 9.17) is 0 Å². The summed E-state index contributed by atoms with van der Waals surface area (Å²) >= 11 is 0. The van der Waals surface area contributed by atoms with Crippen molar-refractivity contribution < 1.29 is 18.0 Å². The number of pyridine rings is 1. The van der Waals surface area contributed by atoms with Gasteiger partial charge < -0.3 is 10.6 Å². The Labute approximate surface area is 162 Å². The molecule has 0 bridgehead atoms. The van der Waals surface area contributed by atoms with Crippen LogP contribution in [0.15, 0.2) is 36.4 Å². The fraction of sp³-hybridized carbons (Fsp3) is 0.429. The Hall–Kier alpha value is -2.41. The fourth-order valence-corrected chi connectivity index (χ4v) is 3.68. The largest absolute Gasteiger partial charge is 0.416 e. The summed E-state index contributed by atoms with van der Waals surface area (Å²) in [5, 5.41) is 6.26. The zero-order chi connectivity index (χ0) is 20.1. The molecule has 1 amide bonds. The maximum Gasteiger partial charge on any atom is 0.416 e. The highest BCUT2D eigenvalue weighted by Crippen LogP contribution is 2.33. The number of aryl methyl sites for hydroxylation is 1. The number of carbonyl (C=O) groups excluding carboxylic acids is 1. The van der Waals surface area contributed by atoms with Crippen LogP contribution in [0.3, 0.4) is 0 Å². The SMILES string of the molecule is Cc1cc(-c2ccc(C(F)(F)F)cc2)cc(C2CCC(CCCNC=O)N2)n1. The van der Waals surface area contributed by atoms with Crippen molar-refractivity contribution in [2.45, 2.75) is 50.9 Å². The highest BCUT2D eigenvalue weighted by Gasteiger charge is 2.30. The lowest BCUT2D eigenvalue weighted by Gasteiger charge is -2.16. The maximum atomic E-state index is 12.8. The first kappa shape index (κ1) is 20.3. The lowest BCUT2D eigenvalue weighted by Crippen LogP contribution is -2.26. The summed E-state index contributed by atoms with van der Waals surface area (Å²) in [6.45, 7) is 2.57. The van der Waals surface area contributed by atoms with Crippen LogP contribution in [0.25, 0.3) is 11.1 Å². The normalized spacial score (nSPS) is 19.6. The minimum Gasteiger partial charge on any atom is -0.359 e. The zero-order valence-electron chi connectivity index (χ0n) is 15.7. The van der Waals surface area contributed by atoms with Gasteiger partial charge in [-0.05, 0) is 68.0 Å². The number of hydrogen-bond acceptors (Lipinski definition) is 3. The second kappa shape index (κ2) is 8.73. The fourth-order valence-electron chi connectivity index (χ4n) is 3.68. The van der Waals surface area contributed by atoms with Crippen LogP contribution in [0.2, 0.25) is 0 Å². The first-order valence-corrected chi connectivity index (χ1v) is 9.46. The van der Waals surface area contributed by atoms with Crippen molar-refractivity contribution >= 4 is 6.41 Å². The molecule has 0 spiro atoms. The van der Waals surface area contributed by atoms with Crippen molar-refractivity contribution in [1.82, 2.24) is 15.6 Å². The number of alkyl halides is 3. The number of halogens is 3. The second-order valence-corrected chi connectivity index (χ2v) is 7.20. The standard InChI is InChI=1S/C21H24F3N3O/c1-14-11-16(15-4-6-17(7-5-15)21(22,23)24)12-20(26-14)19-9-8-18(27-19)3-2-10-25-13-28/h4-7,11-13,18-19,27H,2-3,8-10H2,1H3,(H,25,28). The molecule has 1 aromatic carbocycles. The number of nitrogens with one attached hydrogen (secondary N) is 2. The van der Waals surface area contributed by atoms with Gasteiger partial charge in [0, 0.05) is 24.3 Å². The Morgan fingerprint density at radius 1 is 1.18 bits per heavy atom. The molecule has 1 aromatic heterocycles. The van der Waals surface area contributed by atoms with Gasteiger partial charge in [-0.1, -0.05) is 12.1 Å². The van der Waals surface area contributed by atoms with Crippen molar-refractivity contribution in [3.8, 4) is 11.1 Å². The summed E-state index contributed by atoms with van der Waals surface area (Å²) in [6.07, 6.45) is 0.286. The molecule has 150 valence electrons. The Morgan fingerprint density at radius 2 is 1.93 bits per heavy atom. The average molecular weight is 391 g/mol. The molecule has 7 heteroatoms. The number of benzene rings is 1. The number of nitrogens with zero attached hydrogens (tertiary/aromatic N) is 1. The number of hydrogen-bond donors (Lipinski definition) is 2. The van der Waals surface area contributed by atoms with Gasteiger partial charge in [0.25, 0.3) is 0 Å². The summed E-state index contributed by atoms with van der Waals surface area (Å²) in [5.74, 6) is 0. The average Bonchev–Trinajstić information content (AvgIpc) is 3.13. The van der Waals surface area contributed by atoms with Crippen molar-refractivity contribution in [1.29, 1.82) is 0 Å². The topological polar surface area (TPSA) is 54.0 Å². The molecular weight excluding hydrogens is 367 g/mol. The van der Waals surface area contributed by atoms with E-state index in [1.165, 1.54) is 12.1 Å². The third-order valence-electron chi connectivity index (χ3n) is 5.07. The highest BCUT2D eigenvalue weighted by molar-refractivity contribution is 5.64. The zero-order valence-corrected chi connectivity index (χ0v) is 15.7. The molecule has 4 nitrogen and oxygen atoms in total. The van der Waals surface area contributed by atoms with E-state index in [0.29, 0.717) is 19.0 Å². The number of rotatable bonds is 7. The lowest BCUT2D eigenvalue weighted by molar-refractivity contribution is -0.137. The first-order valence-electron chi connectivity index (χ1n) is 9.46. The quantitative estimate of drug-likeness (QED) is 0.544. The second-order valence-electron chi connectivity index (χ2n) is 7.20. The Morgan fingerprint density at radius 3 is 2.61 bits per heavy atom. The Bertz CT molecular complexity index is 806. The molecule has 3 rings (SSSR count). The number of amides is 1. The maximum absolute atomic E-state index is 12.8. The molecule has 28 heavy (non-hydrogen) atoms. The van der Waals surface area contributed by atoms with Crippen LogP contribution in [0, 0.1) is 6.92 Å². The predicted octanol–water partition coefficient (Wildman–Crippen LogP) is 4.40. The van der Waals surface area contributed by atoms with Crippen LogP contribution in [0.5, 0.6) is 0 Å². The van der Waals surface area contributed by atoms with E-state index in [2.05, 4.69) is 15.6 Å². The van der Waals surface area contributed by atoms with Crippen LogP contribution in [0.4, 0.5) is 13.2 Å². The van der Waals surface area contributed by atoms with Crippen molar-refractivity contribution in [2.75, 3.05) is 6.54 Å². The van der Waals surface area contributed by atoms with Gasteiger partial charge in [0.05, 0.1) is 11.3 Å². The summed E-state index contributed by atoms with van der Waals surface area (Å²) < 4.78 is 38.4. The third kappa shape index (κ3) is 5.10. The van der Waals surface area contributed by atoms with Crippen molar-refractivity contribution in [2.24, 2.45) is 0 Å². The van der Waals surface area contributed by atoms with Gasteiger partial charge in [0.2, 0.25) is 6.41 Å². The number of carbonyl (C=O) groups is 1. The smallest absolute Gasteiger partial charge is 0.359 e. The Balaban J connectivity index is 1.71. The van der Waals surface area contributed by atoms with Crippen LogP contribution in [-0.4, -0.2) is 24.0 Å². The molecular formula is C21H24F3N3O. The van der Waals surface area contributed by atoms with E-state index in [9.17, 15) is 18.0 Å². The van der Waals surface area contributed by atoms with Crippen molar-refractivity contribution in [3.05, 3.63) is 53.3 Å². The van der Waals surface area contributed by atoms with Crippen LogP contribution in [0.1, 0.15) is 48.7 Å². The summed E-state index contributed by atoms with van der Waals surface area (Å²) in [6, 6.07) is 9.61. The minimum absolute atomic E-state index is 0.136. The van der Waals surface area contributed by atoms with E-state index in [-0.39, 0.29) is 6.04 Å².